The van der Waals surface area contributed by atoms with Gasteiger partial charge in [0.1, 0.15) is 8.07 Å². The molecule has 1 nitrogen and oxygen atoms in total. The Morgan fingerprint density at radius 2 is 1.56 bits per heavy atom. The van der Waals surface area contributed by atoms with E-state index < -0.39 is 8.07 Å². The van der Waals surface area contributed by atoms with Gasteiger partial charge in [0.15, 0.2) is 0 Å². The fraction of sp³-hybridized carbons (Fsp3) is 0.375. The molecule has 0 fully saturated rings. The molecular weight excluding hydrogens is 368 g/mol. The first-order chi connectivity index (χ1) is 13.1. The van der Waals surface area contributed by atoms with Gasteiger partial charge in [-0.25, -0.2) is 0 Å². The topological polar surface area (TPSA) is 20.2 Å². The van der Waals surface area contributed by atoms with Crippen molar-refractivity contribution in [2.24, 2.45) is 0 Å². The first-order valence-electron chi connectivity index (χ1n) is 9.82. The van der Waals surface area contributed by atoms with E-state index >= 15 is 0 Å². The highest BCUT2D eigenvalue weighted by Gasteiger charge is 2.28. The Kier molecular flexibility index (Phi) is 9.10. The zero-order chi connectivity index (χ0) is 19.5. The molecule has 0 amide bonds. The van der Waals surface area contributed by atoms with E-state index in [0.29, 0.717) is 5.88 Å². The summed E-state index contributed by atoms with van der Waals surface area (Å²) in [5.41, 5.74) is 6.04. The Hall–Kier alpha value is -1.57. The zero-order valence-corrected chi connectivity index (χ0v) is 18.3. The molecule has 0 spiro atoms. The van der Waals surface area contributed by atoms with E-state index in [4.69, 9.17) is 11.6 Å². The molecule has 0 atom stereocenters. The molecule has 0 radical (unpaired) electrons. The van der Waals surface area contributed by atoms with Crippen LogP contribution >= 0.6 is 11.6 Å². The summed E-state index contributed by atoms with van der Waals surface area (Å²) in [7, 11) is -1.84. The highest BCUT2D eigenvalue weighted by Crippen LogP contribution is 2.22. The molecule has 0 aliphatic heterocycles. The van der Waals surface area contributed by atoms with E-state index in [1.807, 2.05) is 0 Å². The Bertz CT molecular complexity index is 746. The molecule has 3 heteroatoms. The first-order valence-corrected chi connectivity index (χ1v) is 13.4. The minimum atomic E-state index is -1.84. The monoisotopic (exact) mass is 398 g/mol. The van der Waals surface area contributed by atoms with Crippen LogP contribution in [0, 0.1) is 0 Å². The third-order valence-corrected chi connectivity index (χ3v) is 9.06. The van der Waals surface area contributed by atoms with Gasteiger partial charge >= 0.3 is 0 Å². The summed E-state index contributed by atoms with van der Waals surface area (Å²) in [6.07, 6.45) is 4.85. The standard InChI is InChI=1S/C24H31ClOSi/c1-27(2,23-14-7-4-8-15-23)24(17-16-21-11-5-3-6-12-21)19-22(20-26)13-9-10-18-25/h3-8,11-12,14-15,26H,9-10,13,16-18,20H2,1-2H3. The van der Waals surface area contributed by atoms with Crippen molar-refractivity contribution in [2.45, 2.75) is 45.2 Å². The highest BCUT2D eigenvalue weighted by atomic mass is 35.5. The van der Waals surface area contributed by atoms with Gasteiger partial charge in [-0.3, -0.25) is 0 Å². The molecular formula is C24H31ClOSi. The minimum Gasteiger partial charge on any atom is -0.391 e. The van der Waals surface area contributed by atoms with Crippen LogP contribution in [0.1, 0.15) is 31.2 Å². The average molecular weight is 399 g/mol. The smallest absolute Gasteiger partial charge is 0.116 e. The number of hydrogen-bond acceptors (Lipinski definition) is 1. The van der Waals surface area contributed by atoms with Gasteiger partial charge in [0, 0.05) is 5.88 Å². The Balaban J connectivity index is 2.36. The van der Waals surface area contributed by atoms with Gasteiger partial charge in [0.05, 0.1) is 6.61 Å². The van der Waals surface area contributed by atoms with Gasteiger partial charge in [-0.2, -0.15) is 0 Å². The Labute approximate surface area is 170 Å². The number of halogens is 1. The molecule has 0 aliphatic carbocycles. The van der Waals surface area contributed by atoms with Crippen molar-refractivity contribution in [1.82, 2.24) is 0 Å². The second-order valence-electron chi connectivity index (χ2n) is 7.49. The number of alkyl halides is 1. The second-order valence-corrected chi connectivity index (χ2v) is 12.3. The van der Waals surface area contributed by atoms with E-state index in [0.717, 1.165) is 37.7 Å². The van der Waals surface area contributed by atoms with Gasteiger partial charge in [-0.1, -0.05) is 78.9 Å². The number of hydrogen-bond donors (Lipinski definition) is 1. The molecule has 2 aromatic rings. The molecule has 0 saturated heterocycles. The van der Waals surface area contributed by atoms with Crippen LogP contribution in [0.15, 0.2) is 77.2 Å². The predicted octanol–water partition coefficient (Wildman–Crippen LogP) is 5.63. The molecule has 0 heterocycles. The summed E-state index contributed by atoms with van der Waals surface area (Å²) in [6, 6.07) is 21.4. The van der Waals surface area contributed by atoms with Crippen molar-refractivity contribution in [2.75, 3.05) is 12.5 Å². The van der Waals surface area contributed by atoms with Gasteiger partial charge < -0.3 is 5.11 Å². The summed E-state index contributed by atoms with van der Waals surface area (Å²) < 4.78 is 0. The summed E-state index contributed by atoms with van der Waals surface area (Å²) in [5.74, 6) is 0.674. The molecule has 0 aromatic heterocycles. The molecule has 27 heavy (non-hydrogen) atoms. The normalized spacial score (nSPS) is 11.1. The van der Waals surface area contributed by atoms with Crippen LogP contribution in [0.4, 0.5) is 0 Å². The SMILES string of the molecule is C[Si](C)(C(=C=C(CO)CCCCCl)CCc1ccccc1)c1ccccc1. The molecule has 0 aliphatic rings. The summed E-state index contributed by atoms with van der Waals surface area (Å²) >= 11 is 5.81. The number of aliphatic hydroxyl groups excluding tert-OH is 1. The zero-order valence-electron chi connectivity index (χ0n) is 16.5. The second kappa shape index (κ2) is 11.3. The summed E-state index contributed by atoms with van der Waals surface area (Å²) in [6.45, 7) is 4.86. The van der Waals surface area contributed by atoms with Crippen molar-refractivity contribution in [1.29, 1.82) is 0 Å². The maximum Gasteiger partial charge on any atom is 0.116 e. The molecule has 0 unspecified atom stereocenters. The van der Waals surface area contributed by atoms with Crippen molar-refractivity contribution in [3.63, 3.8) is 0 Å². The average Bonchev–Trinajstić information content (AvgIpc) is 2.71. The van der Waals surface area contributed by atoms with Crippen LogP contribution in [-0.2, 0) is 6.42 Å². The van der Waals surface area contributed by atoms with Crippen LogP contribution in [0.25, 0.3) is 0 Å². The third-order valence-electron chi connectivity index (χ3n) is 5.14. The van der Waals surface area contributed by atoms with Crippen LogP contribution in [0.2, 0.25) is 13.1 Å². The fourth-order valence-corrected chi connectivity index (χ4v) is 6.10. The van der Waals surface area contributed by atoms with Gasteiger partial charge in [-0.05, 0) is 48.4 Å². The predicted molar refractivity (Wildman–Crippen MR) is 121 cm³/mol. The Morgan fingerprint density at radius 3 is 2.15 bits per heavy atom. The minimum absolute atomic E-state index is 0.0798. The van der Waals surface area contributed by atoms with Crippen molar-refractivity contribution >= 4 is 24.9 Å². The lowest BCUT2D eigenvalue weighted by atomic mass is 10.1. The van der Waals surface area contributed by atoms with Gasteiger partial charge in [0.25, 0.3) is 0 Å². The Morgan fingerprint density at radius 1 is 0.926 bits per heavy atom. The lowest BCUT2D eigenvalue weighted by molar-refractivity contribution is 0.326. The number of aryl methyl sites for hydroxylation is 1. The van der Waals surface area contributed by atoms with Crippen LogP contribution in [-0.4, -0.2) is 25.7 Å². The van der Waals surface area contributed by atoms with Crippen LogP contribution < -0.4 is 5.19 Å². The molecule has 144 valence electrons. The quantitative estimate of drug-likeness (QED) is 0.238. The first kappa shape index (κ1) is 21.7. The third kappa shape index (κ3) is 6.83. The molecule has 2 rings (SSSR count). The maximum absolute atomic E-state index is 9.87. The number of rotatable bonds is 10. The molecule has 2 aromatic carbocycles. The van der Waals surface area contributed by atoms with Gasteiger partial charge in [-0.15, -0.1) is 17.3 Å². The van der Waals surface area contributed by atoms with Gasteiger partial charge in [0.2, 0.25) is 0 Å². The van der Waals surface area contributed by atoms with E-state index in [2.05, 4.69) is 79.5 Å². The largest absolute Gasteiger partial charge is 0.391 e. The lowest BCUT2D eigenvalue weighted by Crippen LogP contribution is -2.43. The molecule has 0 bridgehead atoms. The number of benzene rings is 2. The van der Waals surface area contributed by atoms with E-state index in [1.165, 1.54) is 15.9 Å². The number of aliphatic hydroxyl groups is 1. The fourth-order valence-electron chi connectivity index (χ4n) is 3.30. The van der Waals surface area contributed by atoms with Crippen LogP contribution in [0.5, 0.6) is 0 Å². The van der Waals surface area contributed by atoms with Crippen LogP contribution in [0.3, 0.4) is 0 Å². The highest BCUT2D eigenvalue weighted by molar-refractivity contribution is 6.95. The van der Waals surface area contributed by atoms with E-state index in [1.54, 1.807) is 0 Å². The number of unbranched alkanes of at least 4 members (excludes halogenated alkanes) is 1. The van der Waals surface area contributed by atoms with Crippen molar-refractivity contribution < 1.29 is 5.11 Å². The maximum atomic E-state index is 9.87. The summed E-state index contributed by atoms with van der Waals surface area (Å²) in [4.78, 5) is 0. The molecule has 1 N–H and O–H groups in total. The van der Waals surface area contributed by atoms with E-state index in [-0.39, 0.29) is 6.61 Å². The van der Waals surface area contributed by atoms with Crippen molar-refractivity contribution in [3.8, 4) is 0 Å². The van der Waals surface area contributed by atoms with E-state index in [9.17, 15) is 5.11 Å². The van der Waals surface area contributed by atoms with Crippen molar-refractivity contribution in [3.05, 3.63) is 82.7 Å². The summed E-state index contributed by atoms with van der Waals surface area (Å²) in [5, 5.41) is 12.7. The lowest BCUT2D eigenvalue weighted by Gasteiger charge is -2.26. The molecule has 0 saturated carbocycles.